The summed E-state index contributed by atoms with van der Waals surface area (Å²) in [7, 11) is 1.85. The Morgan fingerprint density at radius 1 is 1.36 bits per heavy atom. The molecule has 1 aliphatic heterocycles. The van der Waals surface area contributed by atoms with E-state index in [1.54, 1.807) is 0 Å². The van der Waals surface area contributed by atoms with Gasteiger partial charge in [0.2, 0.25) is 5.91 Å². The number of hydrogen-bond acceptors (Lipinski definition) is 6. The second kappa shape index (κ2) is 7.38. The number of fused-ring (bicyclic) bond motifs is 1. The van der Waals surface area contributed by atoms with Crippen molar-refractivity contribution < 1.29 is 4.79 Å². The van der Waals surface area contributed by atoms with Crippen LogP contribution in [0.3, 0.4) is 0 Å². The van der Waals surface area contributed by atoms with Gasteiger partial charge in [0.15, 0.2) is 11.6 Å². The summed E-state index contributed by atoms with van der Waals surface area (Å²) >= 11 is 0. The molecular formula is C18H24N6O. The molecule has 2 aromatic rings. The lowest BCUT2D eigenvalue weighted by molar-refractivity contribution is -0.115. The van der Waals surface area contributed by atoms with Gasteiger partial charge in [-0.1, -0.05) is 12.1 Å². The number of amides is 1. The van der Waals surface area contributed by atoms with Crippen LogP contribution in [0.5, 0.6) is 0 Å². The quantitative estimate of drug-likeness (QED) is 0.839. The van der Waals surface area contributed by atoms with E-state index in [1.165, 1.54) is 17.6 Å². The molecule has 7 nitrogen and oxygen atoms in total. The molecule has 0 saturated heterocycles. The monoisotopic (exact) mass is 340 g/mol. The maximum atomic E-state index is 11.8. The Hall–Kier alpha value is -2.83. The number of carbonyl (C=O) groups is 1. The van der Waals surface area contributed by atoms with Crippen molar-refractivity contribution in [2.24, 2.45) is 0 Å². The van der Waals surface area contributed by atoms with E-state index in [0.717, 1.165) is 18.9 Å². The summed E-state index contributed by atoms with van der Waals surface area (Å²) in [5.41, 5.74) is 3.11. The van der Waals surface area contributed by atoms with Gasteiger partial charge in [-0.05, 0) is 31.5 Å². The predicted molar refractivity (Wildman–Crippen MR) is 101 cm³/mol. The van der Waals surface area contributed by atoms with E-state index in [-0.39, 0.29) is 5.91 Å². The molecule has 0 saturated carbocycles. The number of benzene rings is 1. The van der Waals surface area contributed by atoms with Crippen molar-refractivity contribution in [2.45, 2.75) is 13.8 Å². The van der Waals surface area contributed by atoms with Gasteiger partial charge >= 0.3 is 0 Å². The third-order valence-electron chi connectivity index (χ3n) is 4.26. The molecule has 2 N–H and O–H groups in total. The first-order chi connectivity index (χ1) is 12.1. The lowest BCUT2D eigenvalue weighted by Crippen LogP contribution is -2.37. The van der Waals surface area contributed by atoms with Gasteiger partial charge in [-0.2, -0.15) is 0 Å². The summed E-state index contributed by atoms with van der Waals surface area (Å²) in [6.07, 6.45) is 1.52. The number of nitrogens with zero attached hydrogens (tertiary/aromatic N) is 4. The lowest BCUT2D eigenvalue weighted by Gasteiger charge is -2.28. The van der Waals surface area contributed by atoms with Crippen LogP contribution >= 0.6 is 0 Å². The molecule has 0 unspecified atom stereocenters. The van der Waals surface area contributed by atoms with Crippen molar-refractivity contribution in [3.05, 3.63) is 36.2 Å². The van der Waals surface area contributed by atoms with Gasteiger partial charge in [-0.25, -0.2) is 9.97 Å². The van der Waals surface area contributed by atoms with Crippen LogP contribution in [0, 0.1) is 6.92 Å². The number of rotatable bonds is 6. The topological polar surface area (TPSA) is 73.4 Å². The molecule has 1 aromatic heterocycles. The number of hydrogen-bond donors (Lipinski definition) is 2. The van der Waals surface area contributed by atoms with Crippen LogP contribution in [-0.4, -0.2) is 49.1 Å². The summed E-state index contributed by atoms with van der Waals surface area (Å²) in [5, 5.41) is 6.20. The van der Waals surface area contributed by atoms with Gasteiger partial charge in [0, 0.05) is 32.4 Å². The van der Waals surface area contributed by atoms with Crippen LogP contribution in [-0.2, 0) is 4.79 Å². The molecule has 1 aromatic carbocycles. The molecule has 132 valence electrons. The van der Waals surface area contributed by atoms with E-state index < -0.39 is 0 Å². The average molecular weight is 340 g/mol. The molecule has 0 aliphatic carbocycles. The molecule has 7 heteroatoms. The van der Waals surface area contributed by atoms with Crippen molar-refractivity contribution in [3.63, 3.8) is 0 Å². The Morgan fingerprint density at radius 2 is 2.20 bits per heavy atom. The highest BCUT2D eigenvalue weighted by Crippen LogP contribution is 2.31. The first-order valence-corrected chi connectivity index (χ1v) is 8.50. The highest BCUT2D eigenvalue weighted by Gasteiger charge is 2.23. The van der Waals surface area contributed by atoms with E-state index >= 15 is 0 Å². The maximum Gasteiger partial charge on any atom is 0.244 e. The largest absolute Gasteiger partial charge is 0.370 e. The minimum atomic E-state index is -0.0530. The Bertz CT molecular complexity index is 763. The molecule has 1 amide bonds. The third-order valence-corrected chi connectivity index (χ3v) is 4.26. The first kappa shape index (κ1) is 17.0. The van der Waals surface area contributed by atoms with Gasteiger partial charge in [-0.15, -0.1) is 0 Å². The fourth-order valence-electron chi connectivity index (χ4n) is 2.99. The number of aromatic nitrogens is 2. The molecule has 0 radical (unpaired) electrons. The van der Waals surface area contributed by atoms with Gasteiger partial charge < -0.3 is 20.4 Å². The normalized spacial score (nSPS) is 13.2. The minimum Gasteiger partial charge on any atom is -0.370 e. The first-order valence-electron chi connectivity index (χ1n) is 8.50. The zero-order valence-corrected chi connectivity index (χ0v) is 14.9. The smallest absolute Gasteiger partial charge is 0.244 e. The highest BCUT2D eigenvalue weighted by atomic mass is 16.2. The number of nitrogens with one attached hydrogen (secondary N) is 2. The predicted octanol–water partition coefficient (Wildman–Crippen LogP) is 2.11. The molecule has 0 bridgehead atoms. The second-order valence-electron chi connectivity index (χ2n) is 6.17. The summed E-state index contributed by atoms with van der Waals surface area (Å²) < 4.78 is 0. The van der Waals surface area contributed by atoms with Crippen molar-refractivity contribution in [2.75, 3.05) is 53.7 Å². The van der Waals surface area contributed by atoms with E-state index in [1.807, 2.05) is 11.9 Å². The third kappa shape index (κ3) is 3.81. The van der Waals surface area contributed by atoms with Crippen LogP contribution in [0.4, 0.5) is 23.0 Å². The van der Waals surface area contributed by atoms with Crippen molar-refractivity contribution >= 4 is 28.9 Å². The Kier molecular flexibility index (Phi) is 5.02. The summed E-state index contributed by atoms with van der Waals surface area (Å²) in [6, 6.07) is 8.48. The molecule has 0 spiro atoms. The number of carbonyl (C=O) groups excluding carboxylic acids is 1. The SMILES string of the molecule is CCN(CCNc1ncnc2c1NC(=O)CN2C)c1cccc(C)c1. The standard InChI is InChI=1S/C18H24N6O/c1-4-24(14-7-5-6-13(2)10-14)9-8-19-17-16-18(21-12-20-17)23(3)11-15(25)22-16/h5-7,10,12H,4,8-9,11H2,1-3H3,(H,22,25)(H,19,20,21). The van der Waals surface area contributed by atoms with Crippen molar-refractivity contribution in [1.29, 1.82) is 0 Å². The summed E-state index contributed by atoms with van der Waals surface area (Å²) in [5.74, 6) is 1.34. The molecule has 3 rings (SSSR count). The lowest BCUT2D eigenvalue weighted by atomic mass is 10.2. The van der Waals surface area contributed by atoms with Crippen LogP contribution in [0.2, 0.25) is 0 Å². The zero-order valence-electron chi connectivity index (χ0n) is 14.9. The fraction of sp³-hybridized carbons (Fsp3) is 0.389. The van der Waals surface area contributed by atoms with Crippen LogP contribution in [0.1, 0.15) is 12.5 Å². The molecule has 25 heavy (non-hydrogen) atoms. The number of anilines is 4. The fourth-order valence-corrected chi connectivity index (χ4v) is 2.99. The van der Waals surface area contributed by atoms with Gasteiger partial charge in [0.1, 0.15) is 12.0 Å². The van der Waals surface area contributed by atoms with Gasteiger partial charge in [-0.3, -0.25) is 4.79 Å². The summed E-state index contributed by atoms with van der Waals surface area (Å²) in [6.45, 7) is 7.02. The minimum absolute atomic E-state index is 0.0530. The average Bonchev–Trinajstić information content (AvgIpc) is 2.59. The molecule has 2 heterocycles. The number of likely N-dealkylation sites (N-methyl/N-ethyl adjacent to an activating group) is 2. The van der Waals surface area contributed by atoms with Crippen LogP contribution < -0.4 is 20.4 Å². The Morgan fingerprint density at radius 3 is 2.96 bits per heavy atom. The van der Waals surface area contributed by atoms with E-state index in [2.05, 4.69) is 63.6 Å². The number of aryl methyl sites for hydroxylation is 1. The molecular weight excluding hydrogens is 316 g/mol. The second-order valence-corrected chi connectivity index (χ2v) is 6.17. The van der Waals surface area contributed by atoms with Crippen LogP contribution in [0.25, 0.3) is 0 Å². The zero-order chi connectivity index (χ0) is 17.8. The Balaban J connectivity index is 1.68. The van der Waals surface area contributed by atoms with E-state index in [0.29, 0.717) is 24.6 Å². The molecule has 1 aliphatic rings. The highest BCUT2D eigenvalue weighted by molar-refractivity contribution is 6.03. The van der Waals surface area contributed by atoms with Crippen LogP contribution in [0.15, 0.2) is 30.6 Å². The van der Waals surface area contributed by atoms with E-state index in [4.69, 9.17) is 0 Å². The van der Waals surface area contributed by atoms with Gasteiger partial charge in [0.05, 0.1) is 6.54 Å². The van der Waals surface area contributed by atoms with Gasteiger partial charge in [0.25, 0.3) is 0 Å². The summed E-state index contributed by atoms with van der Waals surface area (Å²) in [4.78, 5) is 24.5. The molecule has 0 fully saturated rings. The molecule has 0 atom stereocenters. The van der Waals surface area contributed by atoms with Crippen molar-refractivity contribution in [3.8, 4) is 0 Å². The van der Waals surface area contributed by atoms with E-state index in [9.17, 15) is 4.79 Å². The van der Waals surface area contributed by atoms with Crippen molar-refractivity contribution in [1.82, 2.24) is 9.97 Å². The maximum absolute atomic E-state index is 11.8. The Labute approximate surface area is 148 Å².